The zero-order chi connectivity index (χ0) is 11.8. The highest BCUT2D eigenvalue weighted by molar-refractivity contribution is 5.17. The Morgan fingerprint density at radius 1 is 1.31 bits per heavy atom. The molecule has 0 aliphatic carbocycles. The minimum atomic E-state index is 0.485. The highest BCUT2D eigenvalue weighted by atomic mass is 16.5. The second-order valence-electron chi connectivity index (χ2n) is 3.79. The van der Waals surface area contributed by atoms with Crippen molar-refractivity contribution in [1.29, 1.82) is 0 Å². The molecule has 0 spiro atoms. The quantitative estimate of drug-likeness (QED) is 0.719. The Labute approximate surface area is 97.5 Å². The lowest BCUT2D eigenvalue weighted by Gasteiger charge is -2.08. The zero-order valence-corrected chi connectivity index (χ0v) is 10.4. The summed E-state index contributed by atoms with van der Waals surface area (Å²) in [5.74, 6) is 0. The topological polar surface area (TPSA) is 47.0 Å². The van der Waals surface area contributed by atoms with E-state index in [1.54, 1.807) is 0 Å². The molecule has 0 radical (unpaired) electrons. The van der Waals surface area contributed by atoms with Gasteiger partial charge < -0.3 is 10.1 Å². The molecule has 0 amide bonds. The summed E-state index contributed by atoms with van der Waals surface area (Å²) >= 11 is 0. The van der Waals surface area contributed by atoms with Crippen LogP contribution in [0.3, 0.4) is 0 Å². The van der Waals surface area contributed by atoms with E-state index in [0.29, 0.717) is 12.6 Å². The highest BCUT2D eigenvalue weighted by Crippen LogP contribution is 2.08. The third-order valence-electron chi connectivity index (χ3n) is 2.24. The Morgan fingerprint density at radius 3 is 2.75 bits per heavy atom. The average Bonchev–Trinajstić information content (AvgIpc) is 2.29. The van der Waals surface area contributed by atoms with Crippen molar-refractivity contribution in [3.63, 3.8) is 0 Å². The predicted octanol–water partition coefficient (Wildman–Crippen LogP) is 2.07. The number of aryl methyl sites for hydroxylation is 1. The van der Waals surface area contributed by atoms with Crippen LogP contribution in [0.2, 0.25) is 0 Å². The van der Waals surface area contributed by atoms with Crippen LogP contribution in [-0.4, -0.2) is 23.1 Å². The van der Waals surface area contributed by atoms with E-state index in [4.69, 9.17) is 4.74 Å². The SMILES string of the molecule is CCCNCc1cnc(OCCC)nc1C. The van der Waals surface area contributed by atoms with Crippen LogP contribution in [-0.2, 0) is 6.54 Å². The Kier molecular flexibility index (Phi) is 5.78. The van der Waals surface area contributed by atoms with Crippen molar-refractivity contribution < 1.29 is 4.74 Å². The maximum atomic E-state index is 5.37. The molecule has 0 fully saturated rings. The summed E-state index contributed by atoms with van der Waals surface area (Å²) in [5.41, 5.74) is 2.13. The molecule has 16 heavy (non-hydrogen) atoms. The summed E-state index contributed by atoms with van der Waals surface area (Å²) in [6, 6.07) is 0.485. The lowest BCUT2D eigenvalue weighted by Crippen LogP contribution is -2.15. The van der Waals surface area contributed by atoms with Gasteiger partial charge in [-0.1, -0.05) is 13.8 Å². The van der Waals surface area contributed by atoms with Gasteiger partial charge in [0.1, 0.15) is 0 Å². The molecule has 1 N–H and O–H groups in total. The van der Waals surface area contributed by atoms with Crippen LogP contribution < -0.4 is 10.1 Å². The van der Waals surface area contributed by atoms with E-state index in [2.05, 4.69) is 29.1 Å². The molecule has 0 saturated carbocycles. The third kappa shape index (κ3) is 4.14. The first-order chi connectivity index (χ1) is 7.77. The number of hydrogen-bond acceptors (Lipinski definition) is 4. The summed E-state index contributed by atoms with van der Waals surface area (Å²) in [5, 5.41) is 3.33. The Balaban J connectivity index is 2.53. The molecule has 4 heteroatoms. The monoisotopic (exact) mass is 223 g/mol. The predicted molar refractivity (Wildman–Crippen MR) is 64.6 cm³/mol. The van der Waals surface area contributed by atoms with Gasteiger partial charge in [-0.15, -0.1) is 0 Å². The summed E-state index contributed by atoms with van der Waals surface area (Å²) in [4.78, 5) is 8.50. The molecule has 1 aromatic heterocycles. The van der Waals surface area contributed by atoms with Crippen LogP contribution >= 0.6 is 0 Å². The second kappa shape index (κ2) is 7.17. The van der Waals surface area contributed by atoms with Crippen molar-refractivity contribution in [2.75, 3.05) is 13.2 Å². The van der Waals surface area contributed by atoms with E-state index in [1.165, 1.54) is 0 Å². The first kappa shape index (κ1) is 12.9. The smallest absolute Gasteiger partial charge is 0.316 e. The van der Waals surface area contributed by atoms with Crippen LogP contribution in [0.1, 0.15) is 37.9 Å². The molecule has 1 aromatic rings. The summed E-state index contributed by atoms with van der Waals surface area (Å²) in [6.07, 6.45) is 3.95. The lowest BCUT2D eigenvalue weighted by molar-refractivity contribution is 0.291. The number of nitrogens with one attached hydrogen (secondary N) is 1. The number of ether oxygens (including phenoxy) is 1. The van der Waals surface area contributed by atoms with Crippen molar-refractivity contribution in [3.05, 3.63) is 17.5 Å². The van der Waals surface area contributed by atoms with Crippen molar-refractivity contribution in [3.8, 4) is 6.01 Å². The van der Waals surface area contributed by atoms with Gasteiger partial charge in [0.05, 0.1) is 6.61 Å². The van der Waals surface area contributed by atoms with Crippen molar-refractivity contribution in [2.24, 2.45) is 0 Å². The molecule has 0 saturated heterocycles. The van der Waals surface area contributed by atoms with E-state index in [9.17, 15) is 0 Å². The van der Waals surface area contributed by atoms with Gasteiger partial charge in [-0.25, -0.2) is 9.97 Å². The molecular formula is C12H21N3O. The molecule has 0 aromatic carbocycles. The van der Waals surface area contributed by atoms with E-state index >= 15 is 0 Å². The van der Waals surface area contributed by atoms with Gasteiger partial charge in [-0.3, -0.25) is 0 Å². The molecule has 1 rings (SSSR count). The number of hydrogen-bond donors (Lipinski definition) is 1. The maximum Gasteiger partial charge on any atom is 0.316 e. The van der Waals surface area contributed by atoms with E-state index < -0.39 is 0 Å². The Bertz CT molecular complexity index is 315. The number of rotatable bonds is 7. The summed E-state index contributed by atoms with van der Waals surface area (Å²) in [7, 11) is 0. The van der Waals surface area contributed by atoms with Crippen molar-refractivity contribution in [1.82, 2.24) is 15.3 Å². The molecule has 0 bridgehead atoms. The van der Waals surface area contributed by atoms with E-state index in [-0.39, 0.29) is 0 Å². The lowest BCUT2D eigenvalue weighted by atomic mass is 10.2. The Hall–Kier alpha value is -1.16. The standard InChI is InChI=1S/C12H21N3O/c1-4-6-13-8-11-9-14-12(15-10(11)3)16-7-5-2/h9,13H,4-8H2,1-3H3. The van der Waals surface area contributed by atoms with Crippen molar-refractivity contribution >= 4 is 0 Å². The van der Waals surface area contributed by atoms with Gasteiger partial charge >= 0.3 is 6.01 Å². The largest absolute Gasteiger partial charge is 0.463 e. The summed E-state index contributed by atoms with van der Waals surface area (Å²) in [6.45, 7) is 8.73. The molecule has 4 nitrogen and oxygen atoms in total. The zero-order valence-electron chi connectivity index (χ0n) is 10.4. The maximum absolute atomic E-state index is 5.37. The first-order valence-corrected chi connectivity index (χ1v) is 5.94. The fraction of sp³-hybridized carbons (Fsp3) is 0.667. The molecule has 90 valence electrons. The minimum Gasteiger partial charge on any atom is -0.463 e. The normalized spacial score (nSPS) is 10.4. The number of aromatic nitrogens is 2. The van der Waals surface area contributed by atoms with Crippen LogP contribution in [0.25, 0.3) is 0 Å². The molecule has 0 unspecified atom stereocenters. The molecule has 0 aliphatic rings. The fourth-order valence-electron chi connectivity index (χ4n) is 1.31. The summed E-state index contributed by atoms with van der Waals surface area (Å²) < 4.78 is 5.37. The number of nitrogens with zero attached hydrogens (tertiary/aromatic N) is 2. The van der Waals surface area contributed by atoms with Gasteiger partial charge in [0.2, 0.25) is 0 Å². The van der Waals surface area contributed by atoms with Crippen LogP contribution in [0, 0.1) is 6.92 Å². The third-order valence-corrected chi connectivity index (χ3v) is 2.24. The molecule has 0 aliphatic heterocycles. The van der Waals surface area contributed by atoms with E-state index in [0.717, 1.165) is 37.2 Å². The molecule has 1 heterocycles. The van der Waals surface area contributed by atoms with Crippen LogP contribution in [0.4, 0.5) is 0 Å². The highest BCUT2D eigenvalue weighted by Gasteiger charge is 2.03. The van der Waals surface area contributed by atoms with Gasteiger partial charge in [-0.05, 0) is 26.3 Å². The first-order valence-electron chi connectivity index (χ1n) is 5.94. The molecule has 0 atom stereocenters. The molecular weight excluding hydrogens is 202 g/mol. The average molecular weight is 223 g/mol. The van der Waals surface area contributed by atoms with Crippen LogP contribution in [0.5, 0.6) is 6.01 Å². The fourth-order valence-corrected chi connectivity index (χ4v) is 1.31. The Morgan fingerprint density at radius 2 is 2.12 bits per heavy atom. The van der Waals surface area contributed by atoms with E-state index in [1.807, 2.05) is 13.1 Å². The van der Waals surface area contributed by atoms with Gasteiger partial charge in [-0.2, -0.15) is 0 Å². The van der Waals surface area contributed by atoms with Crippen molar-refractivity contribution in [2.45, 2.75) is 40.2 Å². The van der Waals surface area contributed by atoms with Gasteiger partial charge in [0, 0.05) is 24.0 Å². The minimum absolute atomic E-state index is 0.485. The second-order valence-corrected chi connectivity index (χ2v) is 3.79. The van der Waals surface area contributed by atoms with Gasteiger partial charge in [0.15, 0.2) is 0 Å². The van der Waals surface area contributed by atoms with Crippen LogP contribution in [0.15, 0.2) is 6.20 Å². The van der Waals surface area contributed by atoms with Gasteiger partial charge in [0.25, 0.3) is 0 Å².